The molecule has 2 aliphatic rings. The smallest absolute Gasteiger partial charge is 0.244 e. The van der Waals surface area contributed by atoms with E-state index in [1.165, 1.54) is 20.3 Å². The van der Waals surface area contributed by atoms with Gasteiger partial charge >= 0.3 is 0 Å². The minimum atomic E-state index is -0.159. The van der Waals surface area contributed by atoms with Crippen molar-refractivity contribution in [2.24, 2.45) is 5.92 Å². The van der Waals surface area contributed by atoms with E-state index in [2.05, 4.69) is 5.32 Å². The minimum absolute atomic E-state index is 0.0967. The Kier molecular flexibility index (Phi) is 6.26. The molecule has 0 unspecified atom stereocenters. The zero-order valence-corrected chi connectivity index (χ0v) is 16.4. The fraction of sp³-hybridized carbons (Fsp3) is 0.500. The van der Waals surface area contributed by atoms with Crippen molar-refractivity contribution in [1.29, 1.82) is 0 Å². The highest BCUT2D eigenvalue weighted by molar-refractivity contribution is 6.32. The molecule has 1 aliphatic heterocycles. The molecule has 1 heterocycles. The first-order valence-electron chi connectivity index (χ1n) is 9.20. The monoisotopic (exact) mass is 392 g/mol. The summed E-state index contributed by atoms with van der Waals surface area (Å²) >= 11 is 6.18. The zero-order valence-electron chi connectivity index (χ0n) is 15.7. The van der Waals surface area contributed by atoms with Crippen molar-refractivity contribution < 1.29 is 19.1 Å². The number of carbonyl (C=O) groups is 2. The Morgan fingerprint density at radius 2 is 1.85 bits per heavy atom. The molecule has 1 aliphatic carbocycles. The summed E-state index contributed by atoms with van der Waals surface area (Å²) in [6.45, 7) is 1.44. The van der Waals surface area contributed by atoms with Gasteiger partial charge in [-0.1, -0.05) is 11.6 Å². The summed E-state index contributed by atoms with van der Waals surface area (Å²) in [7, 11) is 3.06. The van der Waals surface area contributed by atoms with Crippen molar-refractivity contribution in [3.05, 3.63) is 28.8 Å². The van der Waals surface area contributed by atoms with Crippen LogP contribution >= 0.6 is 11.6 Å². The molecule has 6 nitrogen and oxygen atoms in total. The van der Waals surface area contributed by atoms with Crippen LogP contribution in [0.2, 0.25) is 5.02 Å². The normalized spacial score (nSPS) is 17.8. The Morgan fingerprint density at radius 1 is 1.15 bits per heavy atom. The lowest BCUT2D eigenvalue weighted by Crippen LogP contribution is -2.46. The van der Waals surface area contributed by atoms with Gasteiger partial charge in [-0.3, -0.25) is 9.59 Å². The Balaban J connectivity index is 1.52. The summed E-state index contributed by atoms with van der Waals surface area (Å²) < 4.78 is 10.5. The van der Waals surface area contributed by atoms with Gasteiger partial charge in [-0.05, 0) is 49.5 Å². The second-order valence-electron chi connectivity index (χ2n) is 6.95. The van der Waals surface area contributed by atoms with Crippen LogP contribution in [0.5, 0.6) is 11.5 Å². The van der Waals surface area contributed by atoms with Gasteiger partial charge in [-0.2, -0.15) is 0 Å². The van der Waals surface area contributed by atoms with Crippen molar-refractivity contribution in [2.75, 3.05) is 27.3 Å². The summed E-state index contributed by atoms with van der Waals surface area (Å²) in [4.78, 5) is 26.2. The summed E-state index contributed by atoms with van der Waals surface area (Å²) in [5, 5.41) is 3.43. The molecule has 1 saturated carbocycles. The Bertz CT molecular complexity index is 738. The molecular weight excluding hydrogens is 368 g/mol. The first-order chi connectivity index (χ1) is 13.0. The molecule has 1 aromatic carbocycles. The number of amides is 2. The van der Waals surface area contributed by atoms with E-state index in [0.717, 1.165) is 44.3 Å². The number of nitrogens with one attached hydrogen (secondary N) is 1. The van der Waals surface area contributed by atoms with E-state index < -0.39 is 0 Å². The Labute approximate surface area is 164 Å². The summed E-state index contributed by atoms with van der Waals surface area (Å²) in [6, 6.07) is 3.57. The number of carbonyl (C=O) groups excluding carboxylic acids is 2. The van der Waals surface area contributed by atoms with Gasteiger partial charge in [-0.15, -0.1) is 0 Å². The molecule has 27 heavy (non-hydrogen) atoms. The van der Waals surface area contributed by atoms with Crippen molar-refractivity contribution >= 4 is 29.5 Å². The molecule has 0 atom stereocenters. The van der Waals surface area contributed by atoms with Gasteiger partial charge in [0.05, 0.1) is 19.2 Å². The molecule has 146 valence electrons. The standard InChI is InChI=1S/C20H25ClN2O4/c1-26-17-12-13(11-16(21)19(17)27-2)3-6-18(24)22-15-7-9-23(10-8-15)20(25)14-4-5-14/h3,6,11-12,14-15H,4-5,7-10H2,1-2H3,(H,22,24)/b6-3+. The third kappa shape index (κ3) is 4.95. The molecule has 3 rings (SSSR count). The number of likely N-dealkylation sites (tertiary alicyclic amines) is 1. The van der Waals surface area contributed by atoms with E-state index in [0.29, 0.717) is 16.5 Å². The average Bonchev–Trinajstić information content (AvgIpc) is 3.51. The van der Waals surface area contributed by atoms with Crippen molar-refractivity contribution in [2.45, 2.75) is 31.7 Å². The van der Waals surface area contributed by atoms with Crippen LogP contribution in [-0.2, 0) is 9.59 Å². The quantitative estimate of drug-likeness (QED) is 0.756. The predicted molar refractivity (Wildman–Crippen MR) is 104 cm³/mol. The highest BCUT2D eigenvalue weighted by Gasteiger charge is 2.34. The van der Waals surface area contributed by atoms with E-state index in [1.807, 2.05) is 4.90 Å². The van der Waals surface area contributed by atoms with E-state index >= 15 is 0 Å². The van der Waals surface area contributed by atoms with Gasteiger partial charge in [0, 0.05) is 31.1 Å². The van der Waals surface area contributed by atoms with Crippen molar-refractivity contribution in [3.63, 3.8) is 0 Å². The molecule has 0 radical (unpaired) electrons. The fourth-order valence-corrected chi connectivity index (χ4v) is 3.58. The second kappa shape index (κ2) is 8.65. The topological polar surface area (TPSA) is 67.9 Å². The van der Waals surface area contributed by atoms with Crippen LogP contribution in [-0.4, -0.2) is 50.1 Å². The largest absolute Gasteiger partial charge is 0.493 e. The summed E-state index contributed by atoms with van der Waals surface area (Å²) in [5.74, 6) is 1.36. The number of hydrogen-bond donors (Lipinski definition) is 1. The fourth-order valence-electron chi connectivity index (χ4n) is 3.29. The Morgan fingerprint density at radius 3 is 2.44 bits per heavy atom. The number of methoxy groups -OCH3 is 2. The first-order valence-corrected chi connectivity index (χ1v) is 9.58. The van der Waals surface area contributed by atoms with E-state index in [9.17, 15) is 9.59 Å². The van der Waals surface area contributed by atoms with Gasteiger partial charge in [0.15, 0.2) is 11.5 Å². The molecule has 1 saturated heterocycles. The molecular formula is C20H25ClN2O4. The number of halogens is 1. The van der Waals surface area contributed by atoms with Gasteiger partial charge < -0.3 is 19.7 Å². The zero-order chi connectivity index (χ0) is 19.4. The first kappa shape index (κ1) is 19.5. The van der Waals surface area contributed by atoms with Gasteiger partial charge in [0.25, 0.3) is 0 Å². The maximum Gasteiger partial charge on any atom is 0.244 e. The number of benzene rings is 1. The van der Waals surface area contributed by atoms with E-state index in [4.69, 9.17) is 21.1 Å². The maximum absolute atomic E-state index is 12.2. The molecule has 2 amide bonds. The molecule has 0 aromatic heterocycles. The lowest BCUT2D eigenvalue weighted by molar-refractivity contribution is -0.133. The summed E-state index contributed by atoms with van der Waals surface area (Å²) in [5.41, 5.74) is 0.748. The molecule has 7 heteroatoms. The van der Waals surface area contributed by atoms with Crippen LogP contribution in [0, 0.1) is 5.92 Å². The Hall–Kier alpha value is -2.21. The number of nitrogens with zero attached hydrogens (tertiary/aromatic N) is 1. The van der Waals surface area contributed by atoms with Gasteiger partial charge in [-0.25, -0.2) is 0 Å². The highest BCUT2D eigenvalue weighted by atomic mass is 35.5. The van der Waals surface area contributed by atoms with Crippen LogP contribution < -0.4 is 14.8 Å². The molecule has 0 bridgehead atoms. The maximum atomic E-state index is 12.2. The average molecular weight is 393 g/mol. The van der Waals surface area contributed by atoms with E-state index in [-0.39, 0.29) is 23.8 Å². The number of ether oxygens (including phenoxy) is 2. The number of piperidine rings is 1. The SMILES string of the molecule is COc1cc(/C=C/C(=O)NC2CCN(C(=O)C3CC3)CC2)cc(Cl)c1OC. The molecule has 1 aromatic rings. The molecule has 2 fully saturated rings. The lowest BCUT2D eigenvalue weighted by Gasteiger charge is -2.32. The predicted octanol–water partition coefficient (Wildman–Crippen LogP) is 2.89. The minimum Gasteiger partial charge on any atom is -0.493 e. The third-order valence-electron chi connectivity index (χ3n) is 4.96. The van der Waals surface area contributed by atoms with Crippen LogP contribution in [0.1, 0.15) is 31.2 Å². The van der Waals surface area contributed by atoms with E-state index in [1.54, 1.807) is 18.2 Å². The summed E-state index contributed by atoms with van der Waals surface area (Å²) in [6.07, 6.45) is 6.82. The second-order valence-corrected chi connectivity index (χ2v) is 7.36. The van der Waals surface area contributed by atoms with Crippen molar-refractivity contribution in [3.8, 4) is 11.5 Å². The van der Waals surface area contributed by atoms with Crippen LogP contribution in [0.4, 0.5) is 0 Å². The number of rotatable bonds is 6. The highest BCUT2D eigenvalue weighted by Crippen LogP contribution is 2.36. The van der Waals surface area contributed by atoms with Crippen LogP contribution in [0.15, 0.2) is 18.2 Å². The number of hydrogen-bond acceptors (Lipinski definition) is 4. The van der Waals surface area contributed by atoms with Gasteiger partial charge in [0.2, 0.25) is 11.8 Å². The lowest BCUT2D eigenvalue weighted by atomic mass is 10.0. The molecule has 0 spiro atoms. The molecule has 1 N–H and O–H groups in total. The van der Waals surface area contributed by atoms with Crippen LogP contribution in [0.3, 0.4) is 0 Å². The third-order valence-corrected chi connectivity index (χ3v) is 5.24. The van der Waals surface area contributed by atoms with Crippen molar-refractivity contribution in [1.82, 2.24) is 10.2 Å². The van der Waals surface area contributed by atoms with Crippen LogP contribution in [0.25, 0.3) is 6.08 Å². The van der Waals surface area contributed by atoms with Gasteiger partial charge in [0.1, 0.15) is 0 Å².